The Bertz CT molecular complexity index is 477. The number of pyridine rings is 1. The summed E-state index contributed by atoms with van der Waals surface area (Å²) in [6.45, 7) is 4.44. The van der Waals surface area contributed by atoms with Crippen molar-refractivity contribution in [2.24, 2.45) is 0 Å². The Morgan fingerprint density at radius 2 is 1.89 bits per heavy atom. The maximum absolute atomic E-state index is 5.50. The molecule has 1 heterocycles. The molecule has 0 saturated carbocycles. The Kier molecular flexibility index (Phi) is 6.93. The van der Waals surface area contributed by atoms with Gasteiger partial charge >= 0.3 is 0 Å². The summed E-state index contributed by atoms with van der Waals surface area (Å²) < 4.78 is 5.50. The average Bonchev–Trinajstić information content (AvgIpc) is 2.42. The molecule has 0 amide bonds. The van der Waals surface area contributed by atoms with Gasteiger partial charge < -0.3 is 10.1 Å². The van der Waals surface area contributed by atoms with E-state index in [9.17, 15) is 0 Å². The van der Waals surface area contributed by atoms with Gasteiger partial charge in [-0.15, -0.1) is 12.4 Å². The lowest BCUT2D eigenvalue weighted by atomic mass is 10.1. The predicted molar refractivity (Wildman–Crippen MR) is 79.9 cm³/mol. The third-order valence-electron chi connectivity index (χ3n) is 2.74. The van der Waals surface area contributed by atoms with E-state index in [1.807, 2.05) is 18.2 Å². The Labute approximate surface area is 120 Å². The van der Waals surface area contributed by atoms with Crippen molar-refractivity contribution in [3.8, 4) is 5.88 Å². The number of halogens is 1. The van der Waals surface area contributed by atoms with Gasteiger partial charge in [0.05, 0.1) is 0 Å². The molecule has 0 aliphatic heterocycles. The van der Waals surface area contributed by atoms with Crippen molar-refractivity contribution in [3.63, 3.8) is 0 Å². The van der Waals surface area contributed by atoms with Gasteiger partial charge in [0.2, 0.25) is 5.88 Å². The summed E-state index contributed by atoms with van der Waals surface area (Å²) in [5, 5.41) is 3.36. The molecular weight excluding hydrogens is 260 g/mol. The second-order valence-electron chi connectivity index (χ2n) is 4.12. The largest absolute Gasteiger partial charge is 0.476 e. The van der Waals surface area contributed by atoms with Gasteiger partial charge in [0, 0.05) is 25.4 Å². The zero-order valence-electron chi connectivity index (χ0n) is 11.0. The number of rotatable bonds is 6. The Balaban J connectivity index is 0.00000180. The van der Waals surface area contributed by atoms with Gasteiger partial charge in [-0.1, -0.05) is 30.3 Å². The molecule has 2 rings (SSSR count). The van der Waals surface area contributed by atoms with Gasteiger partial charge in [0.25, 0.3) is 0 Å². The van der Waals surface area contributed by atoms with Crippen LogP contribution in [0.3, 0.4) is 0 Å². The maximum Gasteiger partial charge on any atom is 0.213 e. The highest BCUT2D eigenvalue weighted by Crippen LogP contribution is 2.06. The van der Waals surface area contributed by atoms with Crippen molar-refractivity contribution in [1.29, 1.82) is 0 Å². The lowest BCUT2D eigenvalue weighted by Crippen LogP contribution is -2.21. The molecule has 102 valence electrons. The third-order valence-corrected chi connectivity index (χ3v) is 2.74. The molecule has 0 atom stereocenters. The number of hydrogen-bond donors (Lipinski definition) is 1. The fourth-order valence-corrected chi connectivity index (χ4v) is 1.69. The maximum atomic E-state index is 5.50. The summed E-state index contributed by atoms with van der Waals surface area (Å²) in [7, 11) is 0. The summed E-state index contributed by atoms with van der Waals surface area (Å²) >= 11 is 0. The minimum absolute atomic E-state index is 0. The number of ether oxygens (including phenoxy) is 1. The topological polar surface area (TPSA) is 34.1 Å². The second-order valence-corrected chi connectivity index (χ2v) is 4.12. The van der Waals surface area contributed by atoms with Crippen LogP contribution in [0.4, 0.5) is 0 Å². The van der Waals surface area contributed by atoms with Crippen molar-refractivity contribution in [1.82, 2.24) is 10.3 Å². The SMILES string of the molecule is Cc1ccccc1CNCCOc1ccccn1.Cl. The van der Waals surface area contributed by atoms with E-state index >= 15 is 0 Å². The van der Waals surface area contributed by atoms with E-state index in [2.05, 4.69) is 41.5 Å². The van der Waals surface area contributed by atoms with E-state index in [1.54, 1.807) is 6.20 Å². The first kappa shape index (κ1) is 15.5. The van der Waals surface area contributed by atoms with Gasteiger partial charge in [0.15, 0.2) is 0 Å². The fourth-order valence-electron chi connectivity index (χ4n) is 1.69. The zero-order chi connectivity index (χ0) is 12.6. The van der Waals surface area contributed by atoms with Crippen molar-refractivity contribution in [2.75, 3.05) is 13.2 Å². The van der Waals surface area contributed by atoms with Gasteiger partial charge in [-0.2, -0.15) is 0 Å². The molecule has 1 N–H and O–H groups in total. The lowest BCUT2D eigenvalue weighted by Gasteiger charge is -2.08. The number of aromatic nitrogens is 1. The molecule has 0 fully saturated rings. The minimum Gasteiger partial charge on any atom is -0.476 e. The Hall–Kier alpha value is -1.58. The zero-order valence-corrected chi connectivity index (χ0v) is 11.8. The van der Waals surface area contributed by atoms with Crippen LogP contribution >= 0.6 is 12.4 Å². The number of hydrogen-bond acceptors (Lipinski definition) is 3. The summed E-state index contributed by atoms with van der Waals surface area (Å²) in [6, 6.07) is 14.1. The molecule has 1 aromatic carbocycles. The predicted octanol–water partition coefficient (Wildman–Crippen LogP) is 2.98. The van der Waals surface area contributed by atoms with E-state index in [0.717, 1.165) is 13.1 Å². The minimum atomic E-state index is 0. The van der Waals surface area contributed by atoms with E-state index in [1.165, 1.54) is 11.1 Å². The number of aryl methyl sites for hydroxylation is 1. The Morgan fingerprint density at radius 3 is 2.63 bits per heavy atom. The third kappa shape index (κ3) is 5.28. The van der Waals surface area contributed by atoms with E-state index in [0.29, 0.717) is 12.5 Å². The molecule has 0 unspecified atom stereocenters. The molecule has 0 bridgehead atoms. The van der Waals surface area contributed by atoms with Crippen LogP contribution in [0, 0.1) is 6.92 Å². The van der Waals surface area contributed by atoms with Crippen LogP contribution in [-0.2, 0) is 6.54 Å². The van der Waals surface area contributed by atoms with Crippen molar-refractivity contribution >= 4 is 12.4 Å². The molecule has 0 radical (unpaired) electrons. The van der Waals surface area contributed by atoms with E-state index in [-0.39, 0.29) is 12.4 Å². The van der Waals surface area contributed by atoms with Crippen LogP contribution in [-0.4, -0.2) is 18.1 Å². The number of nitrogens with one attached hydrogen (secondary N) is 1. The standard InChI is InChI=1S/C15H18N2O.ClH/c1-13-6-2-3-7-14(13)12-16-10-11-18-15-8-4-5-9-17-15;/h2-9,16H,10-12H2,1H3;1H. The van der Waals surface area contributed by atoms with Crippen LogP contribution in [0.2, 0.25) is 0 Å². The molecule has 1 aromatic heterocycles. The first-order valence-corrected chi connectivity index (χ1v) is 6.15. The highest BCUT2D eigenvalue weighted by Gasteiger charge is 1.96. The summed E-state index contributed by atoms with van der Waals surface area (Å²) in [5.41, 5.74) is 2.64. The summed E-state index contributed by atoms with van der Waals surface area (Å²) in [4.78, 5) is 4.10. The van der Waals surface area contributed by atoms with Crippen LogP contribution in [0.15, 0.2) is 48.7 Å². The molecule has 0 aliphatic carbocycles. The molecular formula is C15H19ClN2O. The van der Waals surface area contributed by atoms with Crippen LogP contribution in [0.1, 0.15) is 11.1 Å². The van der Waals surface area contributed by atoms with Crippen LogP contribution < -0.4 is 10.1 Å². The van der Waals surface area contributed by atoms with Crippen LogP contribution in [0.25, 0.3) is 0 Å². The van der Waals surface area contributed by atoms with Crippen molar-refractivity contribution < 1.29 is 4.74 Å². The first-order valence-electron chi connectivity index (χ1n) is 6.15. The van der Waals surface area contributed by atoms with Gasteiger partial charge in [-0.05, 0) is 24.1 Å². The lowest BCUT2D eigenvalue weighted by molar-refractivity contribution is 0.302. The highest BCUT2D eigenvalue weighted by molar-refractivity contribution is 5.85. The number of nitrogens with zero attached hydrogens (tertiary/aromatic N) is 1. The van der Waals surface area contributed by atoms with Crippen LogP contribution in [0.5, 0.6) is 5.88 Å². The smallest absolute Gasteiger partial charge is 0.213 e. The summed E-state index contributed by atoms with van der Waals surface area (Å²) in [5.74, 6) is 0.676. The Morgan fingerprint density at radius 1 is 1.11 bits per heavy atom. The molecule has 0 aliphatic rings. The monoisotopic (exact) mass is 278 g/mol. The quantitative estimate of drug-likeness (QED) is 0.825. The molecule has 0 spiro atoms. The van der Waals surface area contributed by atoms with Gasteiger partial charge in [-0.3, -0.25) is 0 Å². The second kappa shape index (κ2) is 8.51. The summed E-state index contributed by atoms with van der Waals surface area (Å²) in [6.07, 6.45) is 1.73. The van der Waals surface area contributed by atoms with Gasteiger partial charge in [-0.25, -0.2) is 4.98 Å². The number of benzene rings is 1. The fraction of sp³-hybridized carbons (Fsp3) is 0.267. The molecule has 0 saturated heterocycles. The average molecular weight is 279 g/mol. The van der Waals surface area contributed by atoms with Crippen molar-refractivity contribution in [2.45, 2.75) is 13.5 Å². The molecule has 2 aromatic rings. The van der Waals surface area contributed by atoms with Gasteiger partial charge in [0.1, 0.15) is 6.61 Å². The normalized spacial score (nSPS) is 9.74. The highest BCUT2D eigenvalue weighted by atomic mass is 35.5. The van der Waals surface area contributed by atoms with E-state index < -0.39 is 0 Å². The first-order chi connectivity index (χ1) is 8.86. The molecule has 19 heavy (non-hydrogen) atoms. The van der Waals surface area contributed by atoms with E-state index in [4.69, 9.17) is 4.74 Å². The molecule has 3 nitrogen and oxygen atoms in total. The van der Waals surface area contributed by atoms with Crippen molar-refractivity contribution in [3.05, 3.63) is 59.8 Å². The molecule has 4 heteroatoms.